The van der Waals surface area contributed by atoms with E-state index < -0.39 is 0 Å². The Kier molecular flexibility index (Phi) is 4.38. The third kappa shape index (κ3) is 3.02. The van der Waals surface area contributed by atoms with E-state index in [9.17, 15) is 4.79 Å². The first-order chi connectivity index (χ1) is 13.5. The number of anilines is 1. The first-order valence-electron chi connectivity index (χ1n) is 9.06. The summed E-state index contributed by atoms with van der Waals surface area (Å²) >= 11 is 0. The van der Waals surface area contributed by atoms with Gasteiger partial charge in [0.2, 0.25) is 0 Å². The quantitative estimate of drug-likeness (QED) is 0.591. The minimum Gasteiger partial charge on any atom is -0.319 e. The molecule has 28 heavy (non-hydrogen) atoms. The molecular weight excluding hydrogens is 354 g/mol. The maximum absolute atomic E-state index is 13.3. The van der Waals surface area contributed by atoms with Crippen molar-refractivity contribution in [2.45, 2.75) is 26.7 Å². The van der Waals surface area contributed by atoms with Crippen LogP contribution >= 0.6 is 0 Å². The van der Waals surface area contributed by atoms with Gasteiger partial charge in [0.1, 0.15) is 0 Å². The van der Waals surface area contributed by atoms with E-state index >= 15 is 0 Å². The van der Waals surface area contributed by atoms with Gasteiger partial charge in [-0.3, -0.25) is 9.48 Å². The van der Waals surface area contributed by atoms with Crippen molar-refractivity contribution in [2.75, 3.05) is 5.32 Å². The smallest absolute Gasteiger partial charge is 0.256 e. The number of rotatable bonds is 4. The van der Waals surface area contributed by atoms with Crippen LogP contribution in [0, 0.1) is 6.92 Å². The van der Waals surface area contributed by atoms with Crippen molar-refractivity contribution in [3.63, 3.8) is 0 Å². The average Bonchev–Trinajstić information content (AvgIpc) is 3.30. The molecule has 0 unspecified atom stereocenters. The molecule has 0 atom stereocenters. The lowest BCUT2D eigenvalue weighted by Crippen LogP contribution is -2.16. The van der Waals surface area contributed by atoms with E-state index in [0.29, 0.717) is 22.7 Å². The predicted octanol–water partition coefficient (Wildman–Crippen LogP) is 3.23. The van der Waals surface area contributed by atoms with Crippen LogP contribution < -0.4 is 5.32 Å². The molecule has 0 aromatic carbocycles. The number of nitrogens with zero attached hydrogens (tertiary/aromatic N) is 6. The van der Waals surface area contributed by atoms with E-state index in [0.717, 1.165) is 16.8 Å². The van der Waals surface area contributed by atoms with Crippen molar-refractivity contribution >= 4 is 22.6 Å². The van der Waals surface area contributed by atoms with Gasteiger partial charge in [0.15, 0.2) is 11.5 Å². The van der Waals surface area contributed by atoms with Gasteiger partial charge < -0.3 is 5.32 Å². The Labute approximate surface area is 162 Å². The molecule has 142 valence electrons. The number of hydrogen-bond acceptors (Lipinski definition) is 5. The number of aromatic nitrogens is 6. The normalized spacial score (nSPS) is 11.3. The number of aryl methyl sites for hydroxylation is 2. The van der Waals surface area contributed by atoms with Gasteiger partial charge in [-0.05, 0) is 37.1 Å². The standard InChI is InChI=1S/C20H21N7O/c1-12(2)16-11-14(17-13(3)25-26(4)19(17)23-16)20(28)24-15-7-5-8-21-18(15)27-10-6-9-22-27/h5-12H,1-4H3,(H,24,28). The van der Waals surface area contributed by atoms with Gasteiger partial charge >= 0.3 is 0 Å². The average molecular weight is 375 g/mol. The SMILES string of the molecule is Cc1nn(C)c2nc(C(C)C)cc(C(=O)Nc3cccnc3-n3cccn3)c12. The number of pyridine rings is 2. The summed E-state index contributed by atoms with van der Waals surface area (Å²) in [6.45, 7) is 5.99. The molecule has 0 saturated carbocycles. The van der Waals surface area contributed by atoms with Crippen LogP contribution in [0.15, 0.2) is 42.9 Å². The zero-order chi connectivity index (χ0) is 19.8. The third-order valence-electron chi connectivity index (χ3n) is 4.58. The number of carbonyl (C=O) groups is 1. The Balaban J connectivity index is 1.81. The van der Waals surface area contributed by atoms with Crippen molar-refractivity contribution < 1.29 is 4.79 Å². The maximum atomic E-state index is 13.3. The molecule has 8 nitrogen and oxygen atoms in total. The topological polar surface area (TPSA) is 90.5 Å². The fourth-order valence-electron chi connectivity index (χ4n) is 3.20. The highest BCUT2D eigenvalue weighted by Gasteiger charge is 2.20. The molecule has 8 heteroatoms. The molecule has 4 aromatic rings. The summed E-state index contributed by atoms with van der Waals surface area (Å²) in [6, 6.07) is 7.24. The summed E-state index contributed by atoms with van der Waals surface area (Å²) in [6.07, 6.45) is 5.12. The van der Waals surface area contributed by atoms with Gasteiger partial charge in [0, 0.05) is 31.3 Å². The molecule has 4 aromatic heterocycles. The van der Waals surface area contributed by atoms with Crippen LogP contribution in [0.5, 0.6) is 0 Å². The first kappa shape index (κ1) is 17.8. The highest BCUT2D eigenvalue weighted by atomic mass is 16.1. The highest BCUT2D eigenvalue weighted by molar-refractivity contribution is 6.13. The van der Waals surface area contributed by atoms with Gasteiger partial charge in [-0.2, -0.15) is 10.2 Å². The van der Waals surface area contributed by atoms with Gasteiger partial charge in [-0.1, -0.05) is 13.8 Å². The zero-order valence-corrected chi connectivity index (χ0v) is 16.2. The second kappa shape index (κ2) is 6.88. The summed E-state index contributed by atoms with van der Waals surface area (Å²) < 4.78 is 3.33. The molecule has 1 N–H and O–H groups in total. The third-order valence-corrected chi connectivity index (χ3v) is 4.58. The summed E-state index contributed by atoms with van der Waals surface area (Å²) in [5.41, 5.74) is 3.44. The molecule has 0 aliphatic carbocycles. The molecular formula is C20H21N7O. The van der Waals surface area contributed by atoms with Crippen molar-refractivity contribution in [3.8, 4) is 5.82 Å². The monoisotopic (exact) mass is 375 g/mol. The second-order valence-corrected chi connectivity index (χ2v) is 6.94. The number of nitrogens with one attached hydrogen (secondary N) is 1. The Bertz CT molecular complexity index is 1160. The van der Waals surface area contributed by atoms with E-state index in [4.69, 9.17) is 4.98 Å². The largest absolute Gasteiger partial charge is 0.319 e. The second-order valence-electron chi connectivity index (χ2n) is 6.94. The number of hydrogen-bond donors (Lipinski definition) is 1. The van der Waals surface area contributed by atoms with Crippen LogP contribution in [-0.2, 0) is 7.05 Å². The molecule has 0 fully saturated rings. The van der Waals surface area contributed by atoms with E-state index in [1.165, 1.54) is 0 Å². The molecule has 4 heterocycles. The lowest BCUT2D eigenvalue weighted by Gasteiger charge is -2.12. The number of fused-ring (bicyclic) bond motifs is 1. The van der Waals surface area contributed by atoms with Crippen LogP contribution in [0.2, 0.25) is 0 Å². The van der Waals surface area contributed by atoms with Gasteiger partial charge in [-0.25, -0.2) is 14.6 Å². The lowest BCUT2D eigenvalue weighted by atomic mass is 10.0. The van der Waals surface area contributed by atoms with Crippen molar-refractivity contribution in [3.05, 3.63) is 59.8 Å². The highest BCUT2D eigenvalue weighted by Crippen LogP contribution is 2.26. The Morgan fingerprint density at radius 3 is 2.75 bits per heavy atom. The minimum absolute atomic E-state index is 0.184. The molecule has 0 aliphatic rings. The molecule has 0 bridgehead atoms. The summed E-state index contributed by atoms with van der Waals surface area (Å²) in [5.74, 6) is 0.508. The van der Waals surface area contributed by atoms with Crippen LogP contribution in [0.3, 0.4) is 0 Å². The van der Waals surface area contributed by atoms with Crippen LogP contribution in [0.1, 0.15) is 41.5 Å². The fourth-order valence-corrected chi connectivity index (χ4v) is 3.20. The summed E-state index contributed by atoms with van der Waals surface area (Å²) in [5, 5.41) is 12.4. The summed E-state index contributed by atoms with van der Waals surface area (Å²) in [7, 11) is 1.84. The van der Waals surface area contributed by atoms with Gasteiger partial charge in [-0.15, -0.1) is 0 Å². The number of amides is 1. The number of carbonyl (C=O) groups excluding carboxylic acids is 1. The minimum atomic E-state index is -0.230. The van der Waals surface area contributed by atoms with E-state index in [1.807, 2.05) is 20.0 Å². The predicted molar refractivity (Wildman–Crippen MR) is 107 cm³/mol. The molecule has 4 rings (SSSR count). The molecule has 0 saturated heterocycles. The Morgan fingerprint density at radius 2 is 2.04 bits per heavy atom. The Hall–Kier alpha value is -3.55. The van der Waals surface area contributed by atoms with Crippen molar-refractivity contribution in [1.29, 1.82) is 0 Å². The van der Waals surface area contributed by atoms with Crippen molar-refractivity contribution in [2.24, 2.45) is 7.05 Å². The molecule has 1 amide bonds. The van der Waals surface area contributed by atoms with Crippen LogP contribution in [0.25, 0.3) is 16.9 Å². The molecule has 0 spiro atoms. The first-order valence-corrected chi connectivity index (χ1v) is 9.06. The van der Waals surface area contributed by atoms with E-state index in [2.05, 4.69) is 34.3 Å². The molecule has 0 aliphatic heterocycles. The lowest BCUT2D eigenvalue weighted by molar-refractivity contribution is 0.102. The Morgan fingerprint density at radius 1 is 1.21 bits per heavy atom. The van der Waals surface area contributed by atoms with Crippen molar-refractivity contribution in [1.82, 2.24) is 29.5 Å². The van der Waals surface area contributed by atoms with Gasteiger partial charge in [0.05, 0.1) is 22.3 Å². The van der Waals surface area contributed by atoms with Crippen LogP contribution in [0.4, 0.5) is 5.69 Å². The van der Waals surface area contributed by atoms with E-state index in [-0.39, 0.29) is 11.8 Å². The zero-order valence-electron chi connectivity index (χ0n) is 16.2. The summed E-state index contributed by atoms with van der Waals surface area (Å²) in [4.78, 5) is 22.3. The van der Waals surface area contributed by atoms with Gasteiger partial charge in [0.25, 0.3) is 5.91 Å². The van der Waals surface area contributed by atoms with Crippen LogP contribution in [-0.4, -0.2) is 35.4 Å². The molecule has 0 radical (unpaired) electrons. The maximum Gasteiger partial charge on any atom is 0.256 e. The fraction of sp³-hybridized carbons (Fsp3) is 0.250. The van der Waals surface area contributed by atoms with E-state index in [1.54, 1.807) is 46.2 Å².